The number of hydrogen-bond acceptors (Lipinski definition) is 14. The highest BCUT2D eigenvalue weighted by atomic mass is 19.3. The lowest BCUT2D eigenvalue weighted by Gasteiger charge is -2.15. The maximum absolute atomic E-state index is 12.2. The van der Waals surface area contributed by atoms with E-state index in [0.717, 1.165) is 0 Å². The Labute approximate surface area is 321 Å². The molecule has 14 nitrogen and oxygen atoms in total. The van der Waals surface area contributed by atoms with Crippen molar-refractivity contribution in [1.82, 2.24) is 0 Å². The fraction of sp³-hybridized carbons (Fsp3) is 0.857. The molecular formula is C28H48F16O14. The Balaban J connectivity index is -0.000000143. The third-order valence-electron chi connectivity index (χ3n) is 4.18. The Morgan fingerprint density at radius 2 is 0.707 bits per heavy atom. The zero-order valence-electron chi connectivity index (χ0n) is 30.6. The van der Waals surface area contributed by atoms with Gasteiger partial charge in [0.2, 0.25) is 0 Å². The number of hydrogen-bond donors (Lipinski definition) is 6. The van der Waals surface area contributed by atoms with E-state index in [-0.39, 0.29) is 39.6 Å². The molecule has 6 N–H and O–H groups in total. The Hall–Kier alpha value is -2.20. The lowest BCUT2D eigenvalue weighted by atomic mass is 10.4. The van der Waals surface area contributed by atoms with E-state index in [1.165, 1.54) is 14.2 Å². The topological polar surface area (TPSA) is 195 Å². The summed E-state index contributed by atoms with van der Waals surface area (Å²) in [4.78, 5) is 0. The molecule has 0 aromatic carbocycles. The monoisotopic (exact) mass is 912 g/mol. The highest BCUT2D eigenvalue weighted by molar-refractivity contribution is 4.77. The Morgan fingerprint density at radius 1 is 0.448 bits per heavy atom. The molecule has 356 valence electrons. The van der Waals surface area contributed by atoms with Crippen LogP contribution in [0, 0.1) is 0 Å². The fourth-order valence-corrected chi connectivity index (χ4v) is 2.00. The summed E-state index contributed by atoms with van der Waals surface area (Å²) in [6.45, 7) is -7.84. The van der Waals surface area contributed by atoms with Crippen LogP contribution in [-0.4, -0.2) is 188 Å². The Bertz CT molecular complexity index is 816. The molecule has 0 aliphatic carbocycles. The van der Waals surface area contributed by atoms with Crippen molar-refractivity contribution in [3.05, 3.63) is 24.3 Å². The molecule has 0 bridgehead atoms. The maximum atomic E-state index is 12.2. The molecule has 58 heavy (non-hydrogen) atoms. The third-order valence-corrected chi connectivity index (χ3v) is 4.18. The molecule has 0 spiro atoms. The lowest BCUT2D eigenvalue weighted by Crippen LogP contribution is -2.30. The number of methoxy groups -OCH3 is 2. The molecule has 0 fully saturated rings. The number of rotatable bonds is 26. The summed E-state index contributed by atoms with van der Waals surface area (Å²) in [7, 11) is 2.97. The van der Waals surface area contributed by atoms with Gasteiger partial charge in [-0.3, -0.25) is 9.47 Å². The maximum Gasteiger partial charge on any atom is 0.381 e. The van der Waals surface area contributed by atoms with Crippen molar-refractivity contribution in [3.63, 3.8) is 0 Å². The fourth-order valence-electron chi connectivity index (χ4n) is 2.00. The van der Waals surface area contributed by atoms with Crippen LogP contribution in [0.3, 0.4) is 0 Å². The minimum atomic E-state index is -3.70. The molecule has 0 saturated heterocycles. The minimum Gasteiger partial charge on any atom is -0.394 e. The number of alkyl halides is 8. The molecule has 0 radical (unpaired) electrons. The molecule has 0 aliphatic rings. The lowest BCUT2D eigenvalue weighted by molar-refractivity contribution is -0.281. The summed E-state index contributed by atoms with van der Waals surface area (Å²) >= 11 is 0. The van der Waals surface area contributed by atoms with E-state index in [0.29, 0.717) is 0 Å². The Morgan fingerprint density at radius 3 is 0.897 bits per heavy atom. The summed E-state index contributed by atoms with van der Waals surface area (Å²) < 4.78 is 211. The van der Waals surface area contributed by atoms with Gasteiger partial charge < -0.3 is 59.1 Å². The first-order chi connectivity index (χ1) is 26.9. The predicted molar refractivity (Wildman–Crippen MR) is 164 cm³/mol. The van der Waals surface area contributed by atoms with Crippen LogP contribution >= 0.6 is 0 Å². The van der Waals surface area contributed by atoms with Crippen molar-refractivity contribution in [3.8, 4) is 0 Å². The highest BCUT2D eigenvalue weighted by Crippen LogP contribution is 2.16. The molecule has 0 amide bonds. The molecule has 0 aromatic heterocycles. The standard InChI is InChI=1S/2C6H11F3O4.2C6H13FO3.2C2F4/c2*7-4-13-6(8,9)3-12-2-5(11)1-10;2*1-9-4-6(8)5-10-3-2-7;2*3-1(4)2(5)6/h2*5,10-11H,1-4H2;2*6,8H,2-5H2,1H3;;. The number of aliphatic hydroxyl groups excluding tert-OH is 6. The van der Waals surface area contributed by atoms with Crippen LogP contribution < -0.4 is 0 Å². The van der Waals surface area contributed by atoms with Gasteiger partial charge in [-0.05, 0) is 0 Å². The smallest absolute Gasteiger partial charge is 0.381 e. The second-order valence-corrected chi connectivity index (χ2v) is 9.27. The van der Waals surface area contributed by atoms with Gasteiger partial charge >= 0.3 is 36.5 Å². The van der Waals surface area contributed by atoms with Gasteiger partial charge in [-0.2, -0.15) is 52.7 Å². The average molecular weight is 913 g/mol. The van der Waals surface area contributed by atoms with E-state index in [1.807, 2.05) is 0 Å². The van der Waals surface area contributed by atoms with E-state index in [9.17, 15) is 70.2 Å². The van der Waals surface area contributed by atoms with Crippen molar-refractivity contribution >= 4 is 0 Å². The van der Waals surface area contributed by atoms with Gasteiger partial charge in [0.05, 0.1) is 66.1 Å². The van der Waals surface area contributed by atoms with Gasteiger partial charge in [-0.15, -0.1) is 0 Å². The average Bonchev–Trinajstić information content (AvgIpc) is 3.13. The van der Waals surface area contributed by atoms with Gasteiger partial charge in [0.15, 0.2) is 13.7 Å². The normalized spacial score (nSPS) is 12.8. The van der Waals surface area contributed by atoms with Gasteiger partial charge in [-0.1, -0.05) is 0 Å². The summed E-state index contributed by atoms with van der Waals surface area (Å²) in [5.74, 6) is 0. The van der Waals surface area contributed by atoms with Crippen LogP contribution in [-0.2, 0) is 37.9 Å². The summed E-state index contributed by atoms with van der Waals surface area (Å²) in [6, 6.07) is 0. The molecular weight excluding hydrogens is 864 g/mol. The van der Waals surface area contributed by atoms with Crippen LogP contribution in [0.1, 0.15) is 0 Å². The molecule has 4 unspecified atom stereocenters. The SMILES string of the molecule is COCC(O)COCCF.COCC(O)COCCF.FC(F)=C(F)F.FC(F)=C(F)F.OCC(O)COCC(F)(F)OCF.OCC(O)COCC(F)(F)OCF. The molecule has 30 heteroatoms. The second-order valence-electron chi connectivity index (χ2n) is 9.27. The highest BCUT2D eigenvalue weighted by Gasteiger charge is 2.31. The Kier molecular flexibility index (Phi) is 55.3. The summed E-state index contributed by atoms with van der Waals surface area (Å²) in [5.41, 5.74) is 0. The number of aliphatic hydroxyl groups is 6. The van der Waals surface area contributed by atoms with Gasteiger partial charge in [0.1, 0.15) is 51.0 Å². The second kappa shape index (κ2) is 47.5. The van der Waals surface area contributed by atoms with Crippen molar-refractivity contribution in [1.29, 1.82) is 0 Å². The van der Waals surface area contributed by atoms with Gasteiger partial charge in [0.25, 0.3) is 0 Å². The van der Waals surface area contributed by atoms with E-state index < -0.39 is 128 Å². The zero-order chi connectivity index (χ0) is 46.6. The van der Waals surface area contributed by atoms with Gasteiger partial charge in [-0.25, -0.2) is 17.6 Å². The van der Waals surface area contributed by atoms with Crippen LogP contribution in [0.2, 0.25) is 0 Å². The van der Waals surface area contributed by atoms with Gasteiger partial charge in [0, 0.05) is 14.2 Å². The minimum absolute atomic E-state index is 0.0424. The quantitative estimate of drug-likeness (QED) is 0.0543. The molecule has 4 atom stereocenters. The molecule has 0 aromatic rings. The van der Waals surface area contributed by atoms with Crippen LogP contribution in [0.15, 0.2) is 24.3 Å². The number of ether oxygens (including phenoxy) is 8. The molecule has 0 saturated carbocycles. The van der Waals surface area contributed by atoms with Crippen LogP contribution in [0.5, 0.6) is 0 Å². The first-order valence-corrected chi connectivity index (χ1v) is 15.2. The predicted octanol–water partition coefficient (Wildman–Crippen LogP) is 3.73. The number of halogens is 16. The summed E-state index contributed by atoms with van der Waals surface area (Å²) in [5, 5.41) is 51.6. The van der Waals surface area contributed by atoms with E-state index in [4.69, 9.17) is 40.1 Å². The van der Waals surface area contributed by atoms with Crippen LogP contribution in [0.25, 0.3) is 0 Å². The van der Waals surface area contributed by atoms with Crippen LogP contribution in [0.4, 0.5) is 70.2 Å². The van der Waals surface area contributed by atoms with E-state index in [2.05, 4.69) is 28.4 Å². The third kappa shape index (κ3) is 65.6. The molecule has 0 rings (SSSR count). The first-order valence-electron chi connectivity index (χ1n) is 15.2. The van der Waals surface area contributed by atoms with Crippen molar-refractivity contribution < 1.29 is 139 Å². The summed E-state index contributed by atoms with van der Waals surface area (Å²) in [6.07, 6.45) is -22.8. The van der Waals surface area contributed by atoms with E-state index in [1.54, 1.807) is 0 Å². The van der Waals surface area contributed by atoms with Crippen molar-refractivity contribution in [2.24, 2.45) is 0 Å². The molecule has 0 heterocycles. The zero-order valence-corrected chi connectivity index (χ0v) is 30.6. The van der Waals surface area contributed by atoms with Crippen molar-refractivity contribution in [2.45, 2.75) is 36.6 Å². The largest absolute Gasteiger partial charge is 0.394 e. The van der Waals surface area contributed by atoms with E-state index >= 15 is 0 Å². The first kappa shape index (κ1) is 67.6. The van der Waals surface area contributed by atoms with Crippen molar-refractivity contribution in [2.75, 3.05) is 121 Å². The molecule has 0 aliphatic heterocycles.